The van der Waals surface area contributed by atoms with Crippen molar-refractivity contribution in [1.82, 2.24) is 4.90 Å². The molecule has 0 amide bonds. The Morgan fingerprint density at radius 2 is 1.72 bits per heavy atom. The minimum atomic E-state index is 0.119. The minimum Gasteiger partial charge on any atom is -0.324 e. The van der Waals surface area contributed by atoms with Crippen molar-refractivity contribution in [2.75, 3.05) is 20.1 Å². The highest BCUT2D eigenvalue weighted by Gasteiger charge is 2.19. The summed E-state index contributed by atoms with van der Waals surface area (Å²) in [6.07, 6.45) is 0. The Morgan fingerprint density at radius 3 is 2.22 bits per heavy atom. The van der Waals surface area contributed by atoms with Gasteiger partial charge >= 0.3 is 0 Å². The molecule has 0 saturated heterocycles. The Bertz CT molecular complexity index is 340. The lowest BCUT2D eigenvalue weighted by molar-refractivity contribution is 0.194. The van der Waals surface area contributed by atoms with E-state index in [-0.39, 0.29) is 6.04 Å². The van der Waals surface area contributed by atoms with Gasteiger partial charge in [0.15, 0.2) is 0 Å². The van der Waals surface area contributed by atoms with Gasteiger partial charge in [-0.3, -0.25) is 0 Å². The van der Waals surface area contributed by atoms with Crippen LogP contribution in [-0.2, 0) is 0 Å². The zero-order chi connectivity index (χ0) is 13.8. The fraction of sp³-hybridized carbons (Fsp3) is 0.625. The third-order valence-electron chi connectivity index (χ3n) is 3.14. The summed E-state index contributed by atoms with van der Waals surface area (Å²) in [5, 5.41) is 0. The largest absolute Gasteiger partial charge is 0.324 e. The molecule has 0 radical (unpaired) electrons. The van der Waals surface area contributed by atoms with Crippen molar-refractivity contribution >= 4 is 0 Å². The topological polar surface area (TPSA) is 29.3 Å². The number of nitrogens with zero attached hydrogens (tertiary/aromatic N) is 1. The first-order chi connectivity index (χ1) is 8.29. The Balaban J connectivity index is 2.52. The van der Waals surface area contributed by atoms with Crippen LogP contribution in [0.5, 0.6) is 0 Å². The van der Waals surface area contributed by atoms with Crippen LogP contribution in [0.3, 0.4) is 0 Å². The summed E-state index contributed by atoms with van der Waals surface area (Å²) in [5.41, 5.74) is 7.89. The maximum Gasteiger partial charge on any atom is 0.0333 e. The van der Waals surface area contributed by atoms with E-state index in [9.17, 15) is 0 Å². The van der Waals surface area contributed by atoms with Gasteiger partial charge in [-0.25, -0.2) is 0 Å². The standard InChI is InChI=1S/C16H28N2/c1-13(11-18(5)12-16(2,3)4)15(17)14-9-7-6-8-10-14/h6-10,13,15H,11-12,17H2,1-5H3. The van der Waals surface area contributed by atoms with Crippen molar-refractivity contribution in [3.63, 3.8) is 0 Å². The molecule has 1 rings (SSSR count). The van der Waals surface area contributed by atoms with Gasteiger partial charge in [0.05, 0.1) is 0 Å². The second-order valence-corrected chi connectivity index (χ2v) is 6.67. The van der Waals surface area contributed by atoms with Gasteiger partial charge in [-0.05, 0) is 23.9 Å². The van der Waals surface area contributed by atoms with Gasteiger partial charge < -0.3 is 10.6 Å². The molecule has 102 valence electrons. The molecule has 2 unspecified atom stereocenters. The van der Waals surface area contributed by atoms with Gasteiger partial charge in [0.25, 0.3) is 0 Å². The predicted molar refractivity (Wildman–Crippen MR) is 79.5 cm³/mol. The first-order valence-corrected chi connectivity index (χ1v) is 6.78. The molecule has 2 heteroatoms. The summed E-state index contributed by atoms with van der Waals surface area (Å²) < 4.78 is 0. The molecule has 0 spiro atoms. The highest BCUT2D eigenvalue weighted by molar-refractivity contribution is 5.19. The number of benzene rings is 1. The average molecular weight is 248 g/mol. The summed E-state index contributed by atoms with van der Waals surface area (Å²) in [6.45, 7) is 11.2. The highest BCUT2D eigenvalue weighted by atomic mass is 15.1. The SMILES string of the molecule is CC(CN(C)CC(C)(C)C)C(N)c1ccccc1. The van der Waals surface area contributed by atoms with Crippen LogP contribution in [0.4, 0.5) is 0 Å². The van der Waals surface area contributed by atoms with E-state index in [2.05, 4.69) is 63.9 Å². The molecular formula is C16H28N2. The second kappa shape index (κ2) is 6.35. The van der Waals surface area contributed by atoms with E-state index in [0.717, 1.165) is 13.1 Å². The minimum absolute atomic E-state index is 0.119. The zero-order valence-corrected chi connectivity index (χ0v) is 12.5. The van der Waals surface area contributed by atoms with E-state index in [4.69, 9.17) is 5.73 Å². The molecular weight excluding hydrogens is 220 g/mol. The molecule has 2 atom stereocenters. The number of nitrogens with two attached hydrogens (primary N) is 1. The fourth-order valence-corrected chi connectivity index (χ4v) is 2.48. The molecule has 0 bridgehead atoms. The van der Waals surface area contributed by atoms with Crippen LogP contribution in [-0.4, -0.2) is 25.0 Å². The van der Waals surface area contributed by atoms with Crippen molar-refractivity contribution in [3.8, 4) is 0 Å². The van der Waals surface area contributed by atoms with Crippen molar-refractivity contribution in [3.05, 3.63) is 35.9 Å². The maximum absolute atomic E-state index is 6.32. The molecule has 2 N–H and O–H groups in total. The van der Waals surface area contributed by atoms with Crippen molar-refractivity contribution in [2.45, 2.75) is 33.7 Å². The van der Waals surface area contributed by atoms with Crippen molar-refractivity contribution in [2.24, 2.45) is 17.1 Å². The van der Waals surface area contributed by atoms with Crippen LogP contribution in [0.2, 0.25) is 0 Å². The normalized spacial score (nSPS) is 15.7. The van der Waals surface area contributed by atoms with E-state index in [0.29, 0.717) is 11.3 Å². The van der Waals surface area contributed by atoms with Gasteiger partial charge in [0.2, 0.25) is 0 Å². The summed E-state index contributed by atoms with van der Waals surface area (Å²) in [5.74, 6) is 0.458. The summed E-state index contributed by atoms with van der Waals surface area (Å²) in [7, 11) is 2.18. The summed E-state index contributed by atoms with van der Waals surface area (Å²) in [6, 6.07) is 10.5. The monoisotopic (exact) mass is 248 g/mol. The molecule has 0 heterocycles. The van der Waals surface area contributed by atoms with E-state index in [1.165, 1.54) is 5.56 Å². The lowest BCUT2D eigenvalue weighted by atomic mass is 9.93. The Labute approximate surface area is 112 Å². The molecule has 0 aromatic heterocycles. The number of rotatable bonds is 5. The first kappa shape index (κ1) is 15.2. The first-order valence-electron chi connectivity index (χ1n) is 6.78. The van der Waals surface area contributed by atoms with Gasteiger partial charge in [-0.15, -0.1) is 0 Å². The van der Waals surface area contributed by atoms with E-state index in [1.54, 1.807) is 0 Å². The number of hydrogen-bond acceptors (Lipinski definition) is 2. The highest BCUT2D eigenvalue weighted by Crippen LogP contribution is 2.21. The van der Waals surface area contributed by atoms with Crippen LogP contribution in [0.25, 0.3) is 0 Å². The third kappa shape index (κ3) is 5.19. The van der Waals surface area contributed by atoms with Gasteiger partial charge in [-0.1, -0.05) is 58.0 Å². The fourth-order valence-electron chi connectivity index (χ4n) is 2.48. The molecule has 1 aromatic carbocycles. The van der Waals surface area contributed by atoms with Gasteiger partial charge in [-0.2, -0.15) is 0 Å². The maximum atomic E-state index is 6.32. The van der Waals surface area contributed by atoms with Crippen LogP contribution in [0, 0.1) is 11.3 Å². The quantitative estimate of drug-likeness (QED) is 0.866. The van der Waals surface area contributed by atoms with Crippen molar-refractivity contribution in [1.29, 1.82) is 0 Å². The van der Waals surface area contributed by atoms with Crippen LogP contribution in [0.15, 0.2) is 30.3 Å². The third-order valence-corrected chi connectivity index (χ3v) is 3.14. The van der Waals surface area contributed by atoms with Gasteiger partial charge in [0.1, 0.15) is 0 Å². The molecule has 0 fully saturated rings. The van der Waals surface area contributed by atoms with Crippen LogP contribution in [0.1, 0.15) is 39.3 Å². The zero-order valence-electron chi connectivity index (χ0n) is 12.5. The Kier molecular flexibility index (Phi) is 5.36. The second-order valence-electron chi connectivity index (χ2n) is 6.67. The lowest BCUT2D eigenvalue weighted by Crippen LogP contribution is -2.35. The molecule has 0 aliphatic heterocycles. The molecule has 1 aromatic rings. The summed E-state index contributed by atoms with van der Waals surface area (Å²) in [4.78, 5) is 2.38. The molecule has 18 heavy (non-hydrogen) atoms. The van der Waals surface area contributed by atoms with Crippen LogP contribution < -0.4 is 5.73 Å². The smallest absolute Gasteiger partial charge is 0.0333 e. The average Bonchev–Trinajstić information content (AvgIpc) is 2.26. The summed E-state index contributed by atoms with van der Waals surface area (Å²) >= 11 is 0. The van der Waals surface area contributed by atoms with E-state index in [1.807, 2.05) is 6.07 Å². The number of hydrogen-bond donors (Lipinski definition) is 1. The Morgan fingerprint density at radius 1 is 1.17 bits per heavy atom. The molecule has 0 saturated carbocycles. The van der Waals surface area contributed by atoms with E-state index >= 15 is 0 Å². The lowest BCUT2D eigenvalue weighted by Gasteiger charge is -2.30. The van der Waals surface area contributed by atoms with Crippen LogP contribution >= 0.6 is 0 Å². The molecule has 0 aliphatic rings. The predicted octanol–water partition coefficient (Wildman–Crippen LogP) is 3.30. The molecule has 0 aliphatic carbocycles. The van der Waals surface area contributed by atoms with Crippen molar-refractivity contribution < 1.29 is 0 Å². The van der Waals surface area contributed by atoms with E-state index < -0.39 is 0 Å². The molecule has 2 nitrogen and oxygen atoms in total. The Hall–Kier alpha value is -0.860. The van der Waals surface area contributed by atoms with Gasteiger partial charge in [0, 0.05) is 19.1 Å².